The number of quaternary nitrogens is 1. The number of carboxylic acid groups (broad SMARTS) is 1. The molecule has 0 saturated heterocycles. The molecule has 1 aliphatic rings. The van der Waals surface area contributed by atoms with E-state index in [2.05, 4.69) is 11.9 Å². The lowest BCUT2D eigenvalue weighted by molar-refractivity contribution is -0.257. The number of unbranched alkanes of at least 4 members (excludes halogenated alkanes) is 1. The van der Waals surface area contributed by atoms with Crippen LogP contribution in [0.3, 0.4) is 0 Å². The van der Waals surface area contributed by atoms with E-state index in [1.165, 1.54) is 17.3 Å². The Labute approximate surface area is 223 Å². The molecule has 38 heavy (non-hydrogen) atoms. The van der Waals surface area contributed by atoms with Crippen LogP contribution in [-0.2, 0) is 11.2 Å². The fourth-order valence-electron chi connectivity index (χ4n) is 4.06. The van der Waals surface area contributed by atoms with Crippen LogP contribution in [0.1, 0.15) is 62.9 Å². The maximum absolute atomic E-state index is 12.9. The number of nitrogens with zero attached hydrogens (tertiary/aromatic N) is 3. The number of carbonyl (C=O) groups excluding carboxylic acids is 3. The van der Waals surface area contributed by atoms with Crippen LogP contribution >= 0.6 is 0 Å². The van der Waals surface area contributed by atoms with Gasteiger partial charge >= 0.3 is 12.1 Å². The Morgan fingerprint density at radius 1 is 1.03 bits per heavy atom. The smallest absolute Gasteiger partial charge is 0.410 e. The summed E-state index contributed by atoms with van der Waals surface area (Å²) in [6, 6.07) is 13.6. The van der Waals surface area contributed by atoms with Gasteiger partial charge in [0, 0.05) is 25.7 Å². The summed E-state index contributed by atoms with van der Waals surface area (Å²) in [7, 11) is 1.58. The van der Waals surface area contributed by atoms with Gasteiger partial charge in [-0.15, -0.1) is 0 Å². The van der Waals surface area contributed by atoms with E-state index in [-0.39, 0.29) is 24.6 Å². The second-order valence-corrected chi connectivity index (χ2v) is 10.1. The molecule has 2 amide bonds. The molecule has 0 N–H and O–H groups in total. The molecular weight excluding hydrogens is 486 g/mol. The average molecular weight is 522 g/mol. The Bertz CT molecular complexity index is 1230. The first kappa shape index (κ1) is 28.6. The number of carbonyl (C=O) groups is 3. The van der Waals surface area contributed by atoms with Crippen molar-refractivity contribution in [2.24, 2.45) is 4.99 Å². The van der Waals surface area contributed by atoms with Crippen molar-refractivity contribution in [3.05, 3.63) is 72.1 Å². The van der Waals surface area contributed by atoms with Gasteiger partial charge in [-0.3, -0.25) is 0 Å². The van der Waals surface area contributed by atoms with Gasteiger partial charge in [0.25, 0.3) is 6.09 Å². The second kappa shape index (κ2) is 12.0. The Balaban J connectivity index is 1.75. The van der Waals surface area contributed by atoms with Gasteiger partial charge in [-0.1, -0.05) is 31.5 Å². The number of hydrogen-bond acceptors (Lipinski definition) is 7. The first-order chi connectivity index (χ1) is 18.0. The lowest BCUT2D eigenvalue weighted by atomic mass is 10.0. The van der Waals surface area contributed by atoms with Crippen LogP contribution < -0.4 is 14.3 Å². The van der Waals surface area contributed by atoms with Gasteiger partial charge < -0.3 is 24.3 Å². The largest absolute Gasteiger partial charge is 0.497 e. The van der Waals surface area contributed by atoms with Crippen molar-refractivity contribution in [3.8, 4) is 5.75 Å². The van der Waals surface area contributed by atoms with Crippen LogP contribution in [0.2, 0.25) is 0 Å². The van der Waals surface area contributed by atoms with Gasteiger partial charge in [-0.05, 0) is 57.4 Å². The number of hydrogen-bond donors (Lipinski definition) is 0. The fraction of sp³-hybridized carbons (Fsp3) is 0.379. The zero-order chi connectivity index (χ0) is 27.9. The van der Waals surface area contributed by atoms with Crippen molar-refractivity contribution in [1.29, 1.82) is 0 Å². The minimum atomic E-state index is -1.40. The first-order valence-corrected chi connectivity index (χ1v) is 12.7. The topological polar surface area (TPSA) is 108 Å². The summed E-state index contributed by atoms with van der Waals surface area (Å²) in [5.74, 6) is 0.0867. The van der Waals surface area contributed by atoms with Crippen LogP contribution in [0.4, 0.5) is 15.3 Å². The summed E-state index contributed by atoms with van der Waals surface area (Å²) in [5, 5.41) is 12.4. The van der Waals surface area contributed by atoms with Gasteiger partial charge in [0.05, 0.1) is 18.2 Å². The number of aryl methyl sites for hydroxylation is 1. The molecule has 0 fully saturated rings. The molecule has 0 saturated carbocycles. The normalized spacial score (nSPS) is 16.6. The lowest BCUT2D eigenvalue weighted by Crippen LogP contribution is -2.59. The van der Waals surface area contributed by atoms with Gasteiger partial charge in [-0.25, -0.2) is 14.6 Å². The van der Waals surface area contributed by atoms with E-state index < -0.39 is 28.2 Å². The third-order valence-corrected chi connectivity index (χ3v) is 6.08. The summed E-state index contributed by atoms with van der Waals surface area (Å²) in [6.07, 6.45) is 3.83. The minimum absolute atomic E-state index is 0.169. The number of benzene rings is 2. The minimum Gasteiger partial charge on any atom is -0.497 e. The zero-order valence-corrected chi connectivity index (χ0v) is 22.6. The number of amides is 2. The molecule has 1 atom stereocenters. The summed E-state index contributed by atoms with van der Waals surface area (Å²) in [5.41, 5.74) is 1.14. The van der Waals surface area contributed by atoms with E-state index in [0.717, 1.165) is 24.8 Å². The Morgan fingerprint density at radius 2 is 1.71 bits per heavy atom. The average Bonchev–Trinajstić information content (AvgIpc) is 3.30. The van der Waals surface area contributed by atoms with Crippen molar-refractivity contribution in [3.63, 3.8) is 0 Å². The molecule has 3 rings (SSSR count). The van der Waals surface area contributed by atoms with Crippen LogP contribution in [0.15, 0.2) is 65.9 Å². The molecular formula is C29H35N3O6. The standard InChI is InChI=1S/C29H35N3O6/c1-6-7-10-21-11-8-9-12-24(21)26(33)37-23-15-13-22(14-16-23)32(28(35)36)20-18-30-25(32)17-19-31(5)27(34)38-29(2,3)4/h8-9,11-16,18,20H,6-7,10,17,19H2,1-5H3. The van der Waals surface area contributed by atoms with Crippen molar-refractivity contribution in [2.75, 3.05) is 13.6 Å². The van der Waals surface area contributed by atoms with E-state index >= 15 is 0 Å². The molecule has 202 valence electrons. The lowest BCUT2D eigenvalue weighted by Gasteiger charge is -2.32. The van der Waals surface area contributed by atoms with E-state index in [1.54, 1.807) is 64.2 Å². The van der Waals surface area contributed by atoms with E-state index in [4.69, 9.17) is 9.47 Å². The number of rotatable bonds is 9. The van der Waals surface area contributed by atoms with Gasteiger partial charge in [0.15, 0.2) is 0 Å². The van der Waals surface area contributed by atoms with E-state index in [1.807, 2.05) is 12.1 Å². The monoisotopic (exact) mass is 521 g/mol. The second-order valence-electron chi connectivity index (χ2n) is 10.1. The zero-order valence-electron chi connectivity index (χ0n) is 22.6. The molecule has 2 aromatic rings. The Hall–Kier alpha value is -3.98. The molecule has 2 aromatic carbocycles. The third kappa shape index (κ3) is 6.66. The van der Waals surface area contributed by atoms with Gasteiger partial charge in [0.1, 0.15) is 23.2 Å². The van der Waals surface area contributed by atoms with Crippen LogP contribution in [-0.4, -0.2) is 48.1 Å². The van der Waals surface area contributed by atoms with Crippen molar-refractivity contribution in [1.82, 2.24) is 9.38 Å². The van der Waals surface area contributed by atoms with Crippen molar-refractivity contribution < 1.29 is 29.0 Å². The molecule has 9 heteroatoms. The predicted molar refractivity (Wildman–Crippen MR) is 144 cm³/mol. The molecule has 1 unspecified atom stereocenters. The molecule has 9 nitrogen and oxygen atoms in total. The quantitative estimate of drug-likeness (QED) is 0.260. The van der Waals surface area contributed by atoms with Gasteiger partial charge in [0.2, 0.25) is 5.84 Å². The summed E-state index contributed by atoms with van der Waals surface area (Å²) in [6.45, 7) is 7.60. The summed E-state index contributed by atoms with van der Waals surface area (Å²) < 4.78 is 10.2. The van der Waals surface area contributed by atoms with Crippen LogP contribution in [0.25, 0.3) is 0 Å². The summed E-state index contributed by atoms with van der Waals surface area (Å²) >= 11 is 0. The molecule has 0 spiro atoms. The van der Waals surface area contributed by atoms with Gasteiger partial charge in [-0.2, -0.15) is 4.48 Å². The van der Waals surface area contributed by atoms with Crippen molar-refractivity contribution in [2.45, 2.75) is 59.0 Å². The van der Waals surface area contributed by atoms with Crippen LogP contribution in [0, 0.1) is 0 Å². The molecule has 1 heterocycles. The molecule has 1 aliphatic heterocycles. The highest BCUT2D eigenvalue weighted by Gasteiger charge is 2.41. The number of esters is 1. The third-order valence-electron chi connectivity index (χ3n) is 6.08. The van der Waals surface area contributed by atoms with E-state index in [0.29, 0.717) is 11.3 Å². The number of aliphatic imine (C=N–C) groups is 1. The van der Waals surface area contributed by atoms with E-state index in [9.17, 15) is 19.5 Å². The van der Waals surface area contributed by atoms with Crippen LogP contribution in [0.5, 0.6) is 5.75 Å². The highest BCUT2D eigenvalue weighted by Crippen LogP contribution is 2.31. The predicted octanol–water partition coefficient (Wildman–Crippen LogP) is 5.04. The molecule has 0 aromatic heterocycles. The fourth-order valence-corrected chi connectivity index (χ4v) is 4.06. The SMILES string of the molecule is CCCCc1ccccc1C(=O)Oc1ccc([N+]2(C(=O)[O-])C=CN=C2CCN(C)C(=O)OC(C)(C)C)cc1. The highest BCUT2D eigenvalue weighted by atomic mass is 16.6. The molecule has 0 aliphatic carbocycles. The molecule has 0 radical (unpaired) electrons. The first-order valence-electron chi connectivity index (χ1n) is 12.7. The number of amidine groups is 1. The highest BCUT2D eigenvalue weighted by molar-refractivity contribution is 6.10. The molecule has 0 bridgehead atoms. The Kier molecular flexibility index (Phi) is 9.06. The number of ether oxygens (including phenoxy) is 2. The van der Waals surface area contributed by atoms with Crippen molar-refractivity contribution >= 4 is 29.7 Å². The maximum atomic E-state index is 12.9. The maximum Gasteiger partial charge on any atom is 0.410 e. The summed E-state index contributed by atoms with van der Waals surface area (Å²) in [4.78, 5) is 43.2. The Morgan fingerprint density at radius 3 is 2.34 bits per heavy atom.